The summed E-state index contributed by atoms with van der Waals surface area (Å²) >= 11 is 0. The maximum absolute atomic E-state index is 12.5. The molecule has 1 amide bonds. The van der Waals surface area contributed by atoms with Crippen LogP contribution >= 0.6 is 0 Å². The lowest BCUT2D eigenvalue weighted by Crippen LogP contribution is -2.42. The molecule has 1 N–H and O–H groups in total. The predicted molar refractivity (Wildman–Crippen MR) is 132 cm³/mol. The van der Waals surface area contributed by atoms with Crippen LogP contribution in [0.3, 0.4) is 0 Å². The van der Waals surface area contributed by atoms with Crippen LogP contribution in [0.5, 0.6) is 6.01 Å². The number of aliphatic carboxylic acids is 1. The Kier molecular flexibility index (Phi) is 6.36. The van der Waals surface area contributed by atoms with E-state index in [0.29, 0.717) is 25.5 Å². The van der Waals surface area contributed by atoms with E-state index < -0.39 is 5.97 Å². The molecule has 3 aromatic rings. The quantitative estimate of drug-likeness (QED) is 0.533. The minimum Gasteiger partial charge on any atom is -0.481 e. The fraction of sp³-hybridized carbons (Fsp3) is 0.444. The number of rotatable bonds is 5. The first-order chi connectivity index (χ1) is 17.0. The Balaban J connectivity index is 1.56. The van der Waals surface area contributed by atoms with Gasteiger partial charge in [0.1, 0.15) is 6.61 Å². The van der Waals surface area contributed by atoms with Crippen LogP contribution in [0.2, 0.25) is 0 Å². The molecule has 5 rings (SSSR count). The summed E-state index contributed by atoms with van der Waals surface area (Å²) < 4.78 is 13.5. The number of anilines is 1. The van der Waals surface area contributed by atoms with E-state index in [9.17, 15) is 14.7 Å². The van der Waals surface area contributed by atoms with Crippen molar-refractivity contribution in [3.63, 3.8) is 0 Å². The zero-order valence-corrected chi connectivity index (χ0v) is 20.1. The van der Waals surface area contributed by atoms with Gasteiger partial charge in [-0.1, -0.05) is 30.3 Å². The molecule has 2 aromatic carbocycles. The van der Waals surface area contributed by atoms with Crippen LogP contribution in [0.15, 0.2) is 42.5 Å². The van der Waals surface area contributed by atoms with Gasteiger partial charge >= 0.3 is 12.1 Å². The van der Waals surface area contributed by atoms with Crippen molar-refractivity contribution in [2.45, 2.75) is 64.1 Å². The smallest absolute Gasteiger partial charge is 0.414 e. The van der Waals surface area contributed by atoms with E-state index in [0.717, 1.165) is 53.5 Å². The van der Waals surface area contributed by atoms with E-state index in [-0.39, 0.29) is 24.1 Å². The lowest BCUT2D eigenvalue weighted by molar-refractivity contribution is -0.143. The van der Waals surface area contributed by atoms with Crippen molar-refractivity contribution in [3.8, 4) is 6.01 Å². The molecule has 0 bridgehead atoms. The zero-order valence-electron chi connectivity index (χ0n) is 20.1. The van der Waals surface area contributed by atoms with E-state index in [1.54, 1.807) is 4.90 Å². The number of amides is 1. The van der Waals surface area contributed by atoms with E-state index in [4.69, 9.17) is 14.5 Å². The summed E-state index contributed by atoms with van der Waals surface area (Å²) in [4.78, 5) is 30.7. The standard InChI is InChI=1S/C27H31N3O5/c1-17-8-13-21-22(29(17)27(33)34-2)14-15-23-24(21)28-26(35-16-18-6-4-3-5-7-18)30(23)20-11-9-19(10-12-20)25(31)32/h3-7,14-15,17,19-20H,8-13,16H2,1-2H3,(H,31,32). The minimum atomic E-state index is -0.717. The van der Waals surface area contributed by atoms with Crippen molar-refractivity contribution in [1.82, 2.24) is 9.55 Å². The highest BCUT2D eigenvalue weighted by molar-refractivity contribution is 5.95. The maximum Gasteiger partial charge on any atom is 0.414 e. The second kappa shape index (κ2) is 9.60. The lowest BCUT2D eigenvalue weighted by Gasteiger charge is -2.34. The van der Waals surface area contributed by atoms with Gasteiger partial charge in [0.2, 0.25) is 0 Å². The van der Waals surface area contributed by atoms with Gasteiger partial charge in [-0.3, -0.25) is 14.3 Å². The normalized spacial score (nSPS) is 22.0. The minimum absolute atomic E-state index is 0.0367. The molecule has 8 heteroatoms. The van der Waals surface area contributed by atoms with E-state index in [1.807, 2.05) is 49.4 Å². The van der Waals surface area contributed by atoms with Crippen LogP contribution < -0.4 is 9.64 Å². The number of imidazole rings is 1. The third-order valence-electron chi connectivity index (χ3n) is 7.42. The molecular formula is C27H31N3O5. The summed E-state index contributed by atoms with van der Waals surface area (Å²) in [7, 11) is 1.40. The number of carboxylic acid groups (broad SMARTS) is 1. The van der Waals surface area contributed by atoms with Gasteiger partial charge in [0, 0.05) is 17.6 Å². The average molecular weight is 478 g/mol. The molecule has 0 radical (unpaired) electrons. The third kappa shape index (κ3) is 4.33. The number of fused-ring (bicyclic) bond motifs is 3. The first-order valence-electron chi connectivity index (χ1n) is 12.3. The van der Waals surface area contributed by atoms with Crippen LogP contribution in [-0.4, -0.2) is 39.9 Å². The summed E-state index contributed by atoms with van der Waals surface area (Å²) in [5.74, 6) is -1.01. The number of methoxy groups -OCH3 is 1. The molecule has 35 heavy (non-hydrogen) atoms. The summed E-state index contributed by atoms with van der Waals surface area (Å²) in [5, 5.41) is 9.45. The lowest BCUT2D eigenvalue weighted by atomic mass is 9.86. The first kappa shape index (κ1) is 23.2. The van der Waals surface area contributed by atoms with Crippen molar-refractivity contribution in [2.24, 2.45) is 5.92 Å². The maximum atomic E-state index is 12.5. The van der Waals surface area contributed by atoms with E-state index >= 15 is 0 Å². The number of hydrogen-bond donors (Lipinski definition) is 1. The Bertz CT molecular complexity index is 1230. The molecule has 0 spiro atoms. The number of benzene rings is 2. The molecule has 1 saturated carbocycles. The predicted octanol–water partition coefficient (Wildman–Crippen LogP) is 5.34. The number of carbonyl (C=O) groups excluding carboxylic acids is 1. The number of aryl methyl sites for hydroxylation is 1. The van der Waals surface area contributed by atoms with Gasteiger partial charge < -0.3 is 14.6 Å². The topological polar surface area (TPSA) is 93.9 Å². The molecule has 184 valence electrons. The molecule has 1 unspecified atom stereocenters. The van der Waals surface area contributed by atoms with Crippen LogP contribution in [0, 0.1) is 5.92 Å². The van der Waals surface area contributed by atoms with Gasteiger partial charge in [-0.25, -0.2) is 4.79 Å². The van der Waals surface area contributed by atoms with Crippen LogP contribution in [-0.2, 0) is 22.6 Å². The van der Waals surface area contributed by atoms with Crippen LogP contribution in [0.25, 0.3) is 11.0 Å². The Morgan fingerprint density at radius 3 is 2.49 bits per heavy atom. The van der Waals surface area contributed by atoms with Crippen molar-refractivity contribution in [1.29, 1.82) is 0 Å². The highest BCUT2D eigenvalue weighted by atomic mass is 16.5. The van der Waals surface area contributed by atoms with E-state index in [1.165, 1.54) is 7.11 Å². The molecule has 2 heterocycles. The molecule has 1 aliphatic heterocycles. The number of carboxylic acids is 1. The fourth-order valence-electron chi connectivity index (χ4n) is 5.51. The molecule has 1 aliphatic carbocycles. The van der Waals surface area contributed by atoms with Gasteiger partial charge in [-0.05, 0) is 63.1 Å². The SMILES string of the molecule is COC(=O)N1c2ccc3c(nc(OCc4ccccc4)n3C3CCC(C(=O)O)CC3)c2CCC1C. The molecule has 1 fully saturated rings. The summed E-state index contributed by atoms with van der Waals surface area (Å²) in [6.45, 7) is 2.42. The Labute approximate surface area is 204 Å². The Hall–Kier alpha value is -3.55. The largest absolute Gasteiger partial charge is 0.481 e. The zero-order chi connectivity index (χ0) is 24.5. The highest BCUT2D eigenvalue weighted by Crippen LogP contribution is 2.42. The monoisotopic (exact) mass is 477 g/mol. The summed E-state index contributed by atoms with van der Waals surface area (Å²) in [6, 6.07) is 14.6. The van der Waals surface area contributed by atoms with E-state index in [2.05, 4.69) is 4.57 Å². The number of nitrogens with zero attached hydrogens (tertiary/aromatic N) is 3. The highest BCUT2D eigenvalue weighted by Gasteiger charge is 2.34. The number of hydrogen-bond acceptors (Lipinski definition) is 5. The number of aromatic nitrogens is 2. The second-order valence-corrected chi connectivity index (χ2v) is 9.54. The Morgan fingerprint density at radius 2 is 1.80 bits per heavy atom. The second-order valence-electron chi connectivity index (χ2n) is 9.54. The van der Waals surface area contributed by atoms with Gasteiger partial charge in [-0.2, -0.15) is 4.98 Å². The van der Waals surface area contributed by atoms with Gasteiger partial charge in [0.25, 0.3) is 6.01 Å². The fourth-order valence-corrected chi connectivity index (χ4v) is 5.51. The van der Waals surface area contributed by atoms with Gasteiger partial charge in [0.05, 0.1) is 29.7 Å². The number of ether oxygens (including phenoxy) is 2. The molecule has 0 saturated heterocycles. The average Bonchev–Trinajstić information content (AvgIpc) is 3.26. The molecule has 1 aromatic heterocycles. The van der Waals surface area contributed by atoms with Crippen molar-refractivity contribution in [2.75, 3.05) is 12.0 Å². The van der Waals surface area contributed by atoms with Crippen LogP contribution in [0.1, 0.15) is 56.2 Å². The molecular weight excluding hydrogens is 446 g/mol. The third-order valence-corrected chi connectivity index (χ3v) is 7.42. The summed E-state index contributed by atoms with van der Waals surface area (Å²) in [5.41, 5.74) is 4.70. The summed E-state index contributed by atoms with van der Waals surface area (Å²) in [6.07, 6.45) is 4.04. The van der Waals surface area contributed by atoms with Crippen molar-refractivity contribution < 1.29 is 24.2 Å². The van der Waals surface area contributed by atoms with Gasteiger partial charge in [-0.15, -0.1) is 0 Å². The molecule has 8 nitrogen and oxygen atoms in total. The molecule has 1 atom stereocenters. The Morgan fingerprint density at radius 1 is 1.06 bits per heavy atom. The number of carbonyl (C=O) groups is 2. The first-order valence-corrected chi connectivity index (χ1v) is 12.3. The molecule has 2 aliphatic rings. The van der Waals surface area contributed by atoms with Crippen molar-refractivity contribution in [3.05, 3.63) is 53.6 Å². The van der Waals surface area contributed by atoms with Gasteiger partial charge in [0.15, 0.2) is 0 Å². The van der Waals surface area contributed by atoms with Crippen molar-refractivity contribution >= 4 is 28.8 Å². The van der Waals surface area contributed by atoms with Crippen LogP contribution in [0.4, 0.5) is 10.5 Å².